The highest BCUT2D eigenvalue weighted by Crippen LogP contribution is 2.45. The number of nitrogens with one attached hydrogen (secondary N) is 1. The highest BCUT2D eigenvalue weighted by Gasteiger charge is 2.41. The van der Waals surface area contributed by atoms with Crippen molar-refractivity contribution in [1.29, 1.82) is 0 Å². The number of benzene rings is 2. The molecule has 2 aliphatic rings. The molecule has 0 aromatic heterocycles. The fraction of sp³-hybridized carbons (Fsp3) is 0.409. The molecule has 4 rings (SSSR count). The van der Waals surface area contributed by atoms with Crippen molar-refractivity contribution in [3.63, 3.8) is 0 Å². The molecular formula is C22H25NO3. The van der Waals surface area contributed by atoms with Crippen LogP contribution in [-0.2, 0) is 4.74 Å². The molecule has 1 fully saturated rings. The lowest BCUT2D eigenvalue weighted by Crippen LogP contribution is -2.48. The maximum atomic E-state index is 12.2. The van der Waals surface area contributed by atoms with E-state index >= 15 is 0 Å². The lowest BCUT2D eigenvalue weighted by Gasteiger charge is -2.45. The van der Waals surface area contributed by atoms with Crippen molar-refractivity contribution in [1.82, 2.24) is 5.32 Å². The molecule has 0 heterocycles. The average molecular weight is 351 g/mol. The second kappa shape index (κ2) is 6.76. The standard InChI is InChI=1S/C22H25NO3/c1-15-10-22(11-15,14-24)13-23-21(25)26-12-20-18-8-4-2-6-16(18)17-7-3-5-9-19(17)20/h2-9,15,20,24H,10-14H2,1H3,(H,23,25). The molecule has 0 radical (unpaired) electrons. The van der Waals surface area contributed by atoms with Crippen LogP contribution in [0.3, 0.4) is 0 Å². The molecule has 4 heteroatoms. The first kappa shape index (κ1) is 17.1. The molecule has 1 amide bonds. The highest BCUT2D eigenvalue weighted by atomic mass is 16.5. The van der Waals surface area contributed by atoms with Gasteiger partial charge >= 0.3 is 6.09 Å². The number of amides is 1. The molecule has 4 nitrogen and oxygen atoms in total. The van der Waals surface area contributed by atoms with Crippen molar-refractivity contribution in [2.75, 3.05) is 19.8 Å². The lowest BCUT2D eigenvalue weighted by atomic mass is 9.63. The van der Waals surface area contributed by atoms with E-state index in [9.17, 15) is 9.90 Å². The van der Waals surface area contributed by atoms with E-state index in [1.54, 1.807) is 0 Å². The minimum Gasteiger partial charge on any atom is -0.449 e. The van der Waals surface area contributed by atoms with Gasteiger partial charge in [0.1, 0.15) is 6.61 Å². The largest absolute Gasteiger partial charge is 0.449 e. The Morgan fingerprint density at radius 2 is 1.69 bits per heavy atom. The molecule has 0 spiro atoms. The van der Waals surface area contributed by atoms with Gasteiger partial charge in [-0.25, -0.2) is 4.79 Å². The Bertz CT molecular complexity index is 765. The van der Waals surface area contributed by atoms with E-state index in [0.29, 0.717) is 19.1 Å². The van der Waals surface area contributed by atoms with Crippen LogP contribution in [0.4, 0.5) is 4.79 Å². The maximum absolute atomic E-state index is 12.2. The van der Waals surface area contributed by atoms with Crippen molar-refractivity contribution in [2.45, 2.75) is 25.7 Å². The van der Waals surface area contributed by atoms with Gasteiger partial charge in [-0.2, -0.15) is 0 Å². The van der Waals surface area contributed by atoms with Crippen molar-refractivity contribution < 1.29 is 14.6 Å². The number of rotatable bonds is 5. The van der Waals surface area contributed by atoms with Crippen LogP contribution < -0.4 is 5.32 Å². The molecule has 0 saturated heterocycles. The van der Waals surface area contributed by atoms with Crippen molar-refractivity contribution >= 4 is 6.09 Å². The second-order valence-corrected chi connectivity index (χ2v) is 7.85. The molecule has 2 N–H and O–H groups in total. The Balaban J connectivity index is 1.40. The number of aliphatic hydroxyl groups excluding tert-OH is 1. The monoisotopic (exact) mass is 351 g/mol. The molecule has 2 aliphatic carbocycles. The Morgan fingerprint density at radius 3 is 2.23 bits per heavy atom. The zero-order chi connectivity index (χ0) is 18.1. The minimum absolute atomic E-state index is 0.0728. The van der Waals surface area contributed by atoms with E-state index in [1.807, 2.05) is 24.3 Å². The first-order chi connectivity index (χ1) is 12.6. The fourth-order valence-electron chi connectivity index (χ4n) is 4.66. The van der Waals surface area contributed by atoms with Gasteiger partial charge in [0.25, 0.3) is 0 Å². The van der Waals surface area contributed by atoms with Crippen LogP contribution in [0.5, 0.6) is 0 Å². The number of hydrogen-bond acceptors (Lipinski definition) is 3. The van der Waals surface area contributed by atoms with Crippen LogP contribution >= 0.6 is 0 Å². The predicted octanol–water partition coefficient (Wildman–Crippen LogP) is 3.93. The summed E-state index contributed by atoms with van der Waals surface area (Å²) in [5.41, 5.74) is 4.70. The molecule has 136 valence electrons. The van der Waals surface area contributed by atoms with Gasteiger partial charge < -0.3 is 15.2 Å². The average Bonchev–Trinajstić information content (AvgIpc) is 2.96. The summed E-state index contributed by atoms with van der Waals surface area (Å²) in [6.45, 7) is 3.08. The predicted molar refractivity (Wildman–Crippen MR) is 101 cm³/mol. The number of aliphatic hydroxyl groups is 1. The van der Waals surface area contributed by atoms with Crippen molar-refractivity contribution in [2.24, 2.45) is 11.3 Å². The maximum Gasteiger partial charge on any atom is 0.407 e. The summed E-state index contributed by atoms with van der Waals surface area (Å²) in [6, 6.07) is 16.6. The second-order valence-electron chi connectivity index (χ2n) is 7.85. The molecule has 26 heavy (non-hydrogen) atoms. The van der Waals surface area contributed by atoms with Gasteiger partial charge in [-0.3, -0.25) is 0 Å². The van der Waals surface area contributed by atoms with Gasteiger partial charge in [-0.15, -0.1) is 0 Å². The topological polar surface area (TPSA) is 58.6 Å². The van der Waals surface area contributed by atoms with Crippen LogP contribution in [0.25, 0.3) is 11.1 Å². The smallest absolute Gasteiger partial charge is 0.407 e. The van der Waals surface area contributed by atoms with Gasteiger partial charge in [0, 0.05) is 17.9 Å². The van der Waals surface area contributed by atoms with E-state index < -0.39 is 6.09 Å². The third-order valence-electron chi connectivity index (χ3n) is 5.85. The number of hydrogen-bond donors (Lipinski definition) is 2. The van der Waals surface area contributed by atoms with Crippen molar-refractivity contribution in [3.8, 4) is 11.1 Å². The third kappa shape index (κ3) is 2.99. The summed E-state index contributed by atoms with van der Waals surface area (Å²) in [6.07, 6.45) is 1.50. The number of ether oxygens (including phenoxy) is 1. The molecule has 0 atom stereocenters. The van der Waals surface area contributed by atoms with Crippen LogP contribution in [0, 0.1) is 11.3 Å². The minimum atomic E-state index is -0.403. The van der Waals surface area contributed by atoms with Crippen molar-refractivity contribution in [3.05, 3.63) is 59.7 Å². The summed E-state index contributed by atoms with van der Waals surface area (Å²) < 4.78 is 5.54. The van der Waals surface area contributed by atoms with Gasteiger partial charge in [-0.1, -0.05) is 55.5 Å². The third-order valence-corrected chi connectivity index (χ3v) is 5.85. The SMILES string of the molecule is CC1CC(CO)(CNC(=O)OCC2c3ccccc3-c3ccccc32)C1. The van der Waals surface area contributed by atoms with E-state index in [2.05, 4.69) is 36.5 Å². The Kier molecular flexibility index (Phi) is 4.45. The highest BCUT2D eigenvalue weighted by molar-refractivity contribution is 5.79. The first-order valence-electron chi connectivity index (χ1n) is 9.32. The fourth-order valence-corrected chi connectivity index (χ4v) is 4.66. The van der Waals surface area contributed by atoms with Crippen LogP contribution in [0.15, 0.2) is 48.5 Å². The molecule has 0 unspecified atom stereocenters. The summed E-state index contributed by atoms with van der Waals surface area (Å²) in [5.74, 6) is 0.690. The zero-order valence-corrected chi connectivity index (χ0v) is 15.1. The van der Waals surface area contributed by atoms with Crippen LogP contribution in [-0.4, -0.2) is 31.0 Å². The van der Waals surface area contributed by atoms with E-state index in [4.69, 9.17) is 4.74 Å². The number of fused-ring (bicyclic) bond motifs is 3. The number of alkyl carbamates (subject to hydrolysis) is 1. The summed E-state index contributed by atoms with van der Waals surface area (Å²) in [7, 11) is 0. The summed E-state index contributed by atoms with van der Waals surface area (Å²) >= 11 is 0. The van der Waals surface area contributed by atoms with Gasteiger partial charge in [0.15, 0.2) is 0 Å². The number of carbonyl (C=O) groups excluding carboxylic acids is 1. The molecular weight excluding hydrogens is 326 g/mol. The quantitative estimate of drug-likeness (QED) is 0.858. The Hall–Kier alpha value is -2.33. The van der Waals surface area contributed by atoms with E-state index in [1.165, 1.54) is 22.3 Å². The lowest BCUT2D eigenvalue weighted by molar-refractivity contribution is 0.00273. The molecule has 2 aromatic carbocycles. The molecule has 1 saturated carbocycles. The molecule has 0 aliphatic heterocycles. The Labute approximate surface area is 154 Å². The molecule has 0 bridgehead atoms. The molecule has 2 aromatic rings. The van der Waals surface area contributed by atoms with Gasteiger partial charge in [0.05, 0.1) is 6.61 Å². The van der Waals surface area contributed by atoms with Crippen LogP contribution in [0.2, 0.25) is 0 Å². The Morgan fingerprint density at radius 1 is 1.12 bits per heavy atom. The zero-order valence-electron chi connectivity index (χ0n) is 15.1. The van der Waals surface area contributed by atoms with Gasteiger partial charge in [0.2, 0.25) is 0 Å². The summed E-state index contributed by atoms with van der Waals surface area (Å²) in [4.78, 5) is 12.2. The number of carbonyl (C=O) groups is 1. The van der Waals surface area contributed by atoms with Crippen LogP contribution in [0.1, 0.15) is 36.8 Å². The normalized spacial score (nSPS) is 23.7. The first-order valence-corrected chi connectivity index (χ1v) is 9.32. The summed E-state index contributed by atoms with van der Waals surface area (Å²) in [5, 5.41) is 12.4. The van der Waals surface area contributed by atoms with Gasteiger partial charge in [-0.05, 0) is 41.0 Å². The van der Waals surface area contributed by atoms with E-state index in [-0.39, 0.29) is 17.9 Å². The van der Waals surface area contributed by atoms with E-state index in [0.717, 1.165) is 12.8 Å².